The lowest BCUT2D eigenvalue weighted by atomic mass is 9.85. The number of carboxylic acid groups (broad SMARTS) is 1. The number of carbonyl (C=O) groups is 1. The molecule has 1 aliphatic rings. The number of fused-ring (bicyclic) bond motifs is 1. The third-order valence-electron chi connectivity index (χ3n) is 6.54. The molecule has 8 heteroatoms. The van der Waals surface area contributed by atoms with Crippen molar-refractivity contribution in [3.63, 3.8) is 0 Å². The molecule has 1 atom stereocenters. The maximum absolute atomic E-state index is 15.0. The predicted molar refractivity (Wildman–Crippen MR) is 135 cm³/mol. The molecule has 3 aromatic carbocycles. The molecule has 0 bridgehead atoms. The van der Waals surface area contributed by atoms with Crippen LogP contribution >= 0.6 is 0 Å². The summed E-state index contributed by atoms with van der Waals surface area (Å²) < 4.78 is 53.9. The predicted octanol–water partition coefficient (Wildman–Crippen LogP) is 7.32. The van der Waals surface area contributed by atoms with Gasteiger partial charge in [-0.25, -0.2) is 18.0 Å². The van der Waals surface area contributed by atoms with Crippen molar-refractivity contribution < 1.29 is 32.5 Å². The molecule has 0 amide bonds. The van der Waals surface area contributed by atoms with E-state index in [1.807, 2.05) is 6.07 Å². The standard InChI is InChI=1S/C29H26F3NO4/c1-14-11-16-12-19(27(31)32)20(30)13-18(16)24(22(14)26(28(34)35)37-29(2,3)4)17-5-6-21-23-15(8-10-36-21)7-9-33-25(17)23/h5-7,9,11-13,26-27H,8,10H2,1-4H3,(H,34,35). The van der Waals surface area contributed by atoms with Crippen LogP contribution in [0.3, 0.4) is 0 Å². The van der Waals surface area contributed by atoms with Crippen molar-refractivity contribution in [3.8, 4) is 16.9 Å². The number of halogens is 3. The quantitative estimate of drug-likeness (QED) is 0.305. The molecule has 1 unspecified atom stereocenters. The first kappa shape index (κ1) is 25.0. The van der Waals surface area contributed by atoms with Crippen LogP contribution in [0.15, 0.2) is 42.6 Å². The number of hydrogen-bond donors (Lipinski definition) is 1. The lowest BCUT2D eigenvalue weighted by molar-refractivity contribution is -0.160. The minimum Gasteiger partial charge on any atom is -0.493 e. The van der Waals surface area contributed by atoms with Crippen molar-refractivity contribution in [2.45, 2.75) is 52.2 Å². The fraction of sp³-hybridized carbons (Fsp3) is 0.310. The van der Waals surface area contributed by atoms with Gasteiger partial charge in [-0.2, -0.15) is 0 Å². The van der Waals surface area contributed by atoms with Crippen molar-refractivity contribution in [2.24, 2.45) is 0 Å². The molecule has 0 aliphatic carbocycles. The summed E-state index contributed by atoms with van der Waals surface area (Å²) in [6, 6.07) is 9.22. The van der Waals surface area contributed by atoms with E-state index >= 15 is 0 Å². The van der Waals surface area contributed by atoms with Crippen LogP contribution in [-0.2, 0) is 16.0 Å². The number of aliphatic carboxylic acids is 1. The Morgan fingerprint density at radius 1 is 1.16 bits per heavy atom. The Balaban J connectivity index is 1.94. The molecule has 0 spiro atoms. The molecule has 5 rings (SSSR count). The lowest BCUT2D eigenvalue weighted by Crippen LogP contribution is -2.28. The minimum absolute atomic E-state index is 0.297. The van der Waals surface area contributed by atoms with Crippen LogP contribution in [0.1, 0.15) is 55.6 Å². The van der Waals surface area contributed by atoms with Gasteiger partial charge in [0.15, 0.2) is 6.10 Å². The molecule has 0 fully saturated rings. The molecule has 4 aromatic rings. The van der Waals surface area contributed by atoms with Gasteiger partial charge >= 0.3 is 5.97 Å². The highest BCUT2D eigenvalue weighted by Gasteiger charge is 2.33. The molecular weight excluding hydrogens is 483 g/mol. The number of ether oxygens (including phenoxy) is 2. The molecule has 1 aromatic heterocycles. The number of rotatable bonds is 5. The SMILES string of the molecule is Cc1cc2cc(C(F)F)c(F)cc2c(-c2ccc3c4c(ccnc24)CCO3)c1C(OC(C)(C)C)C(=O)O. The number of hydrogen-bond acceptors (Lipinski definition) is 4. The van der Waals surface area contributed by atoms with E-state index in [2.05, 4.69) is 4.98 Å². The van der Waals surface area contributed by atoms with Crippen LogP contribution in [0.5, 0.6) is 5.75 Å². The number of pyridine rings is 1. The van der Waals surface area contributed by atoms with Gasteiger partial charge in [0.05, 0.1) is 23.3 Å². The first-order valence-corrected chi connectivity index (χ1v) is 12.0. The zero-order valence-electron chi connectivity index (χ0n) is 20.9. The van der Waals surface area contributed by atoms with Gasteiger partial charge in [-0.3, -0.25) is 4.98 Å². The molecule has 1 N–H and O–H groups in total. The van der Waals surface area contributed by atoms with E-state index < -0.39 is 35.5 Å². The van der Waals surface area contributed by atoms with E-state index in [-0.39, 0.29) is 0 Å². The first-order valence-electron chi connectivity index (χ1n) is 12.0. The summed E-state index contributed by atoms with van der Waals surface area (Å²) in [5.74, 6) is -1.64. The van der Waals surface area contributed by atoms with E-state index in [9.17, 15) is 23.1 Å². The largest absolute Gasteiger partial charge is 0.493 e. The monoisotopic (exact) mass is 509 g/mol. The van der Waals surface area contributed by atoms with Crippen LogP contribution in [0.4, 0.5) is 13.2 Å². The molecule has 0 saturated carbocycles. The van der Waals surface area contributed by atoms with Gasteiger partial charge in [0, 0.05) is 29.1 Å². The van der Waals surface area contributed by atoms with Crippen molar-refractivity contribution >= 4 is 27.6 Å². The summed E-state index contributed by atoms with van der Waals surface area (Å²) in [5, 5.41) is 11.7. The smallest absolute Gasteiger partial charge is 0.337 e. The normalized spacial score (nSPS) is 14.3. The van der Waals surface area contributed by atoms with Gasteiger partial charge < -0.3 is 14.6 Å². The van der Waals surface area contributed by atoms with Crippen LogP contribution in [0.25, 0.3) is 32.8 Å². The molecule has 2 heterocycles. The molecule has 0 radical (unpaired) electrons. The van der Waals surface area contributed by atoms with E-state index in [4.69, 9.17) is 9.47 Å². The fourth-order valence-electron chi connectivity index (χ4n) is 5.08. The van der Waals surface area contributed by atoms with Crippen LogP contribution in [0.2, 0.25) is 0 Å². The number of aromatic nitrogens is 1. The Kier molecular flexibility index (Phi) is 6.10. The van der Waals surface area contributed by atoms with E-state index in [1.54, 1.807) is 52.1 Å². The maximum atomic E-state index is 15.0. The minimum atomic E-state index is -3.00. The van der Waals surface area contributed by atoms with E-state index in [0.29, 0.717) is 57.3 Å². The Bertz CT molecular complexity index is 1550. The van der Waals surface area contributed by atoms with Gasteiger partial charge in [-0.05, 0) is 85.5 Å². The average molecular weight is 510 g/mol. The Labute approximate surface area is 211 Å². The molecule has 37 heavy (non-hydrogen) atoms. The summed E-state index contributed by atoms with van der Waals surface area (Å²) >= 11 is 0. The highest BCUT2D eigenvalue weighted by atomic mass is 19.3. The molecule has 0 saturated heterocycles. The molecular formula is C29H26F3NO4. The van der Waals surface area contributed by atoms with Crippen LogP contribution in [0, 0.1) is 12.7 Å². The maximum Gasteiger partial charge on any atom is 0.337 e. The second-order valence-electron chi connectivity index (χ2n) is 10.2. The summed E-state index contributed by atoms with van der Waals surface area (Å²) in [5.41, 5.74) is 1.81. The third kappa shape index (κ3) is 4.39. The summed E-state index contributed by atoms with van der Waals surface area (Å²) in [6.07, 6.45) is -2.06. The number of aryl methyl sites for hydroxylation is 1. The van der Waals surface area contributed by atoms with Crippen LogP contribution < -0.4 is 4.74 Å². The lowest BCUT2D eigenvalue weighted by Gasteiger charge is -2.29. The number of benzene rings is 3. The van der Waals surface area contributed by atoms with Crippen molar-refractivity contribution in [3.05, 3.63) is 70.7 Å². The third-order valence-corrected chi connectivity index (χ3v) is 6.54. The zero-order valence-corrected chi connectivity index (χ0v) is 20.9. The number of carboxylic acids is 1. The van der Waals surface area contributed by atoms with Gasteiger partial charge in [0.2, 0.25) is 0 Å². The Morgan fingerprint density at radius 2 is 1.92 bits per heavy atom. The summed E-state index contributed by atoms with van der Waals surface area (Å²) in [7, 11) is 0. The zero-order chi connectivity index (χ0) is 26.6. The first-order chi connectivity index (χ1) is 17.5. The van der Waals surface area contributed by atoms with Gasteiger partial charge in [0.1, 0.15) is 11.6 Å². The second kappa shape index (κ2) is 9.03. The molecule has 192 valence electrons. The summed E-state index contributed by atoms with van der Waals surface area (Å²) in [4.78, 5) is 17.2. The highest BCUT2D eigenvalue weighted by molar-refractivity contribution is 6.09. The Hall–Kier alpha value is -3.65. The second-order valence-corrected chi connectivity index (χ2v) is 10.2. The van der Waals surface area contributed by atoms with Crippen LogP contribution in [-0.4, -0.2) is 28.3 Å². The summed E-state index contributed by atoms with van der Waals surface area (Å²) in [6.45, 7) is 7.46. The average Bonchev–Trinajstić information content (AvgIpc) is 2.82. The van der Waals surface area contributed by atoms with E-state index in [0.717, 1.165) is 23.1 Å². The Morgan fingerprint density at radius 3 is 2.59 bits per heavy atom. The topological polar surface area (TPSA) is 68.7 Å². The van der Waals surface area contributed by atoms with Gasteiger partial charge in [-0.15, -0.1) is 0 Å². The molecule has 5 nitrogen and oxygen atoms in total. The number of nitrogens with zero attached hydrogens (tertiary/aromatic N) is 1. The van der Waals surface area contributed by atoms with E-state index in [1.165, 1.54) is 0 Å². The fourth-order valence-corrected chi connectivity index (χ4v) is 5.08. The number of alkyl halides is 2. The van der Waals surface area contributed by atoms with Crippen molar-refractivity contribution in [1.29, 1.82) is 0 Å². The van der Waals surface area contributed by atoms with Gasteiger partial charge in [0.25, 0.3) is 6.43 Å². The van der Waals surface area contributed by atoms with Crippen molar-refractivity contribution in [1.82, 2.24) is 4.98 Å². The van der Waals surface area contributed by atoms with Gasteiger partial charge in [-0.1, -0.05) is 6.07 Å². The highest BCUT2D eigenvalue weighted by Crippen LogP contribution is 2.45. The van der Waals surface area contributed by atoms with Crippen molar-refractivity contribution in [2.75, 3.05) is 6.61 Å². The molecule has 1 aliphatic heterocycles.